The second-order valence-electron chi connectivity index (χ2n) is 29.6. The van der Waals surface area contributed by atoms with Crippen molar-refractivity contribution in [1.82, 2.24) is 63.4 Å². The summed E-state index contributed by atoms with van der Waals surface area (Å²) in [5, 5.41) is 30.0. The molecule has 2 rings (SSSR count). The normalized spacial score (nSPS) is 16.6. The van der Waals surface area contributed by atoms with Crippen molar-refractivity contribution in [3.63, 3.8) is 0 Å². The predicted octanol–water partition coefficient (Wildman–Crippen LogP) is 1.21. The highest BCUT2D eigenvalue weighted by Gasteiger charge is 2.42. The summed E-state index contributed by atoms with van der Waals surface area (Å²) in [5.41, 5.74) is 24.4. The molecule has 0 saturated carbocycles. The van der Waals surface area contributed by atoms with Crippen LogP contribution in [0.2, 0.25) is 0 Å². The number of nitrogens with two attached hydrogens (primary N) is 4. The number of likely N-dealkylation sites (tertiary alicyclic amines) is 1. The molecule has 13 amide bonds. The summed E-state index contributed by atoms with van der Waals surface area (Å²) in [5.74, 6) is -10.1. The number of nitrogens with one attached hydrogen (secondary N) is 11. The standard InChI is InChI=1S/C72H126N16O13/c1-16-46(14)60(87-69(98)57-29-24-32-88(57)72(101)56(37-44(10)11)85-63(92)49(75)38-48-25-18-17-19-26-48)71(100)86-59(45(12)13)70(99)78-47(15)62(91)80-51(28-21-23-31-74)65(94)83-55(36-43(8)9)68(97)84-54(35-42(6)7)67(96)81-50(27-20-22-30-73)64(93)77-39-58(89)79-53(34-41(4)5)66(95)82-52(61(76)90)33-40(2)3/h17-19,25-26,40-47,49-57,59-60H,16,20-24,27-39,73-75H2,1-15H3,(H2,76,90)(H,77,93)(H,78,99)(H,79,89)(H,80,91)(H,81,96)(H,82,95)(H,83,94)(H,84,97)(H,85,92)(H,86,100)(H,87,98)/t46-,47-,49-,50-,51-,52-,53-,54-,55-,56-,57-,59-,60-/m0/s1. The molecule has 13 atom stereocenters. The predicted molar refractivity (Wildman–Crippen MR) is 387 cm³/mol. The number of hydrogen-bond donors (Lipinski definition) is 15. The van der Waals surface area contributed by atoms with Crippen molar-refractivity contribution in [2.75, 3.05) is 26.2 Å². The van der Waals surface area contributed by atoms with Crippen LogP contribution in [0.25, 0.3) is 0 Å². The molecule has 19 N–H and O–H groups in total. The molecule has 1 heterocycles. The fourth-order valence-electron chi connectivity index (χ4n) is 11.8. The first kappa shape index (κ1) is 89.3. The van der Waals surface area contributed by atoms with Crippen LogP contribution in [-0.4, -0.2) is 180 Å². The first-order valence-corrected chi connectivity index (χ1v) is 36.5. The molecule has 1 aliphatic heterocycles. The number of amides is 13. The first-order chi connectivity index (χ1) is 47.4. The molecule has 1 aliphatic rings. The van der Waals surface area contributed by atoms with Gasteiger partial charge in [-0.2, -0.15) is 0 Å². The van der Waals surface area contributed by atoms with Gasteiger partial charge in [0.25, 0.3) is 0 Å². The van der Waals surface area contributed by atoms with Crippen molar-refractivity contribution in [3.05, 3.63) is 35.9 Å². The third kappa shape index (κ3) is 32.8. The molecule has 101 heavy (non-hydrogen) atoms. The number of benzene rings is 1. The van der Waals surface area contributed by atoms with E-state index in [9.17, 15) is 62.3 Å². The Morgan fingerprint density at radius 3 is 1.37 bits per heavy atom. The van der Waals surface area contributed by atoms with E-state index in [1.54, 1.807) is 20.8 Å². The summed E-state index contributed by atoms with van der Waals surface area (Å²) in [4.78, 5) is 182. The summed E-state index contributed by atoms with van der Waals surface area (Å²) in [6.07, 6.45) is 4.35. The van der Waals surface area contributed by atoms with E-state index in [1.807, 2.05) is 106 Å². The molecule has 0 radical (unpaired) electrons. The molecular weight excluding hydrogens is 1300 g/mol. The Kier molecular flexibility index (Phi) is 40.6. The number of primary amides is 1. The number of carbonyl (C=O) groups excluding carboxylic acids is 13. The molecule has 1 saturated heterocycles. The Morgan fingerprint density at radius 2 is 0.891 bits per heavy atom. The van der Waals surface area contributed by atoms with E-state index >= 15 is 0 Å². The highest BCUT2D eigenvalue weighted by Crippen LogP contribution is 2.23. The number of rotatable bonds is 47. The van der Waals surface area contributed by atoms with Gasteiger partial charge in [-0.1, -0.05) is 134 Å². The summed E-state index contributed by atoms with van der Waals surface area (Å²) in [7, 11) is 0. The van der Waals surface area contributed by atoms with Crippen molar-refractivity contribution >= 4 is 76.8 Å². The molecule has 29 nitrogen and oxygen atoms in total. The summed E-state index contributed by atoms with van der Waals surface area (Å²) >= 11 is 0. The molecule has 0 aromatic heterocycles. The maximum absolute atomic E-state index is 14.5. The molecule has 0 unspecified atom stereocenters. The van der Waals surface area contributed by atoms with Gasteiger partial charge in [0.05, 0.1) is 12.6 Å². The topological polar surface area (TPSA) is 462 Å². The average molecular weight is 1420 g/mol. The smallest absolute Gasteiger partial charge is 0.245 e. The van der Waals surface area contributed by atoms with Gasteiger partial charge in [-0.15, -0.1) is 0 Å². The van der Waals surface area contributed by atoms with Gasteiger partial charge < -0.3 is 86.3 Å². The van der Waals surface area contributed by atoms with Crippen LogP contribution in [0, 0.1) is 41.4 Å². The molecule has 572 valence electrons. The van der Waals surface area contributed by atoms with Crippen LogP contribution >= 0.6 is 0 Å². The summed E-state index contributed by atoms with van der Waals surface area (Å²) in [6.45, 7) is 27.2. The Bertz CT molecular complexity index is 2840. The highest BCUT2D eigenvalue weighted by atomic mass is 16.2. The SMILES string of the molecule is CC[C@H](C)[C@H](NC(=O)[C@@H]1CCCN1C(=O)[C@H](CC(C)C)NC(=O)[C@@H](N)Cc1ccccc1)C(=O)N[C@H](C(=O)N[C@@H](C)C(=O)N[C@@H](CCCCN)C(=O)N[C@@H](CC(C)C)C(=O)N[C@@H](CC(C)C)C(=O)N[C@@H](CCCCN)C(=O)NCC(=O)N[C@@H](CC(C)C)C(=O)N[C@@H](CC(C)C)C(N)=O)C(C)C. The Labute approximate surface area is 599 Å². The third-order valence-electron chi connectivity index (χ3n) is 17.6. The maximum Gasteiger partial charge on any atom is 0.245 e. The molecule has 1 aromatic carbocycles. The third-order valence-corrected chi connectivity index (χ3v) is 17.6. The van der Waals surface area contributed by atoms with E-state index in [-0.39, 0.29) is 101 Å². The minimum atomic E-state index is -1.28. The number of hydrogen-bond acceptors (Lipinski definition) is 16. The fraction of sp³-hybridized carbons (Fsp3) is 0.736. The van der Waals surface area contributed by atoms with E-state index in [0.29, 0.717) is 44.9 Å². The van der Waals surface area contributed by atoms with Gasteiger partial charge in [0.2, 0.25) is 76.8 Å². The van der Waals surface area contributed by atoms with Crippen LogP contribution in [0.3, 0.4) is 0 Å². The van der Waals surface area contributed by atoms with Crippen LogP contribution in [-0.2, 0) is 68.7 Å². The van der Waals surface area contributed by atoms with Crippen LogP contribution in [0.5, 0.6) is 0 Å². The average Bonchev–Trinajstić information content (AvgIpc) is 1.75. The molecule has 0 spiro atoms. The molecule has 1 aromatic rings. The van der Waals surface area contributed by atoms with Gasteiger partial charge in [-0.05, 0) is 157 Å². The lowest BCUT2D eigenvalue weighted by Crippen LogP contribution is -2.61. The zero-order valence-corrected chi connectivity index (χ0v) is 62.9. The zero-order chi connectivity index (χ0) is 76.4. The number of nitrogens with zero attached hydrogens (tertiary/aromatic N) is 1. The second kappa shape index (κ2) is 45.9. The van der Waals surface area contributed by atoms with E-state index in [0.717, 1.165) is 5.56 Å². The minimum absolute atomic E-state index is 0.0122. The Morgan fingerprint density at radius 1 is 0.465 bits per heavy atom. The van der Waals surface area contributed by atoms with Gasteiger partial charge in [0.15, 0.2) is 0 Å². The number of carbonyl (C=O) groups is 13. The second-order valence-corrected chi connectivity index (χ2v) is 29.6. The van der Waals surface area contributed by atoms with Crippen LogP contribution in [0.4, 0.5) is 0 Å². The lowest BCUT2D eigenvalue weighted by molar-refractivity contribution is -0.143. The largest absolute Gasteiger partial charge is 0.368 e. The van der Waals surface area contributed by atoms with E-state index in [1.165, 1.54) is 11.8 Å². The van der Waals surface area contributed by atoms with E-state index in [4.69, 9.17) is 22.9 Å². The van der Waals surface area contributed by atoms with Gasteiger partial charge >= 0.3 is 0 Å². The molecule has 1 fully saturated rings. The monoisotopic (exact) mass is 1420 g/mol. The zero-order valence-electron chi connectivity index (χ0n) is 62.9. The van der Waals surface area contributed by atoms with Crippen LogP contribution in [0.15, 0.2) is 30.3 Å². The fourth-order valence-corrected chi connectivity index (χ4v) is 11.8. The first-order valence-electron chi connectivity index (χ1n) is 36.5. The lowest BCUT2D eigenvalue weighted by Gasteiger charge is -2.32. The van der Waals surface area contributed by atoms with Gasteiger partial charge in [0.1, 0.15) is 66.5 Å². The molecule has 0 aliphatic carbocycles. The quantitative estimate of drug-likeness (QED) is 0.0408. The maximum atomic E-state index is 14.5. The van der Waals surface area contributed by atoms with Gasteiger partial charge in [0, 0.05) is 6.54 Å². The van der Waals surface area contributed by atoms with E-state index < -0.39 is 168 Å². The molecular formula is C72H126N16O13. The van der Waals surface area contributed by atoms with Crippen molar-refractivity contribution < 1.29 is 62.3 Å². The van der Waals surface area contributed by atoms with Gasteiger partial charge in [-0.3, -0.25) is 62.3 Å². The molecule has 29 heteroatoms. The molecule has 0 bridgehead atoms. The van der Waals surface area contributed by atoms with Gasteiger partial charge in [-0.25, -0.2) is 0 Å². The van der Waals surface area contributed by atoms with Crippen molar-refractivity contribution in [3.8, 4) is 0 Å². The minimum Gasteiger partial charge on any atom is -0.368 e. The van der Waals surface area contributed by atoms with Crippen LogP contribution in [0.1, 0.15) is 199 Å². The summed E-state index contributed by atoms with van der Waals surface area (Å²) in [6, 6.07) is -4.24. The van der Waals surface area contributed by atoms with Crippen molar-refractivity contribution in [1.29, 1.82) is 0 Å². The Balaban J connectivity index is 2.30. The van der Waals surface area contributed by atoms with Crippen molar-refractivity contribution in [2.24, 2.45) is 64.4 Å². The van der Waals surface area contributed by atoms with E-state index in [2.05, 4.69) is 58.5 Å². The van der Waals surface area contributed by atoms with Crippen molar-refractivity contribution in [2.45, 2.75) is 273 Å². The lowest BCUT2D eigenvalue weighted by atomic mass is 9.96. The highest BCUT2D eigenvalue weighted by molar-refractivity contribution is 5.99. The number of unbranched alkanes of at least 4 members (excludes halogenated alkanes) is 2. The van der Waals surface area contributed by atoms with Crippen LogP contribution < -0.4 is 81.4 Å². The summed E-state index contributed by atoms with van der Waals surface area (Å²) < 4.78 is 0. The Hall–Kier alpha value is -7.79.